The van der Waals surface area contributed by atoms with E-state index in [1.807, 2.05) is 60.0 Å². The van der Waals surface area contributed by atoms with Gasteiger partial charge in [-0.2, -0.15) is 9.78 Å². The summed E-state index contributed by atoms with van der Waals surface area (Å²) in [5.41, 5.74) is 9.84. The van der Waals surface area contributed by atoms with E-state index in [2.05, 4.69) is 26.0 Å². The molecule has 0 amide bonds. The molecule has 2 aromatic heterocycles. The van der Waals surface area contributed by atoms with Gasteiger partial charge in [-0.1, -0.05) is 51.8 Å². The second kappa shape index (κ2) is 6.63. The smallest absolute Gasteiger partial charge is 0.212 e. The molecule has 0 fully saturated rings. The van der Waals surface area contributed by atoms with Crippen LogP contribution in [0.1, 0.15) is 0 Å². The lowest BCUT2D eigenvalue weighted by Gasteiger charge is -1.99. The molecule has 4 aromatic rings. The number of benzene rings is 2. The molecule has 0 aliphatic carbocycles. The third-order valence-corrected chi connectivity index (χ3v) is 5.29. The normalized spacial score (nSPS) is 11.0. The number of nitrogen functional groups attached to an aromatic ring is 1. The second-order valence-electron chi connectivity index (χ2n) is 5.40. The second-order valence-corrected chi connectivity index (χ2v) is 7.58. The average Bonchev–Trinajstić information content (AvgIpc) is 3.23. The van der Waals surface area contributed by atoms with E-state index in [9.17, 15) is 0 Å². The number of thiazole rings is 1. The predicted molar refractivity (Wildman–Crippen MR) is 107 cm³/mol. The summed E-state index contributed by atoms with van der Waals surface area (Å²) in [6.45, 7) is 0. The van der Waals surface area contributed by atoms with Gasteiger partial charge in [-0.15, -0.1) is 11.3 Å². The van der Waals surface area contributed by atoms with Crippen LogP contribution >= 0.6 is 38.9 Å². The third kappa shape index (κ3) is 3.33. The summed E-state index contributed by atoms with van der Waals surface area (Å²) in [6, 6.07) is 17.4. The van der Waals surface area contributed by atoms with E-state index in [0.29, 0.717) is 10.8 Å². The summed E-state index contributed by atoms with van der Waals surface area (Å²) >= 11 is 10.9. The van der Waals surface area contributed by atoms with Gasteiger partial charge in [-0.05, 0) is 24.3 Å². The summed E-state index contributed by atoms with van der Waals surface area (Å²) < 4.78 is 2.69. The number of nitrogens with zero attached hydrogens (tertiary/aromatic N) is 3. The van der Waals surface area contributed by atoms with Crippen LogP contribution < -0.4 is 5.73 Å². The fourth-order valence-corrected chi connectivity index (χ4v) is 3.62. The number of halogens is 2. The Morgan fingerprint density at radius 2 is 1.60 bits per heavy atom. The molecule has 0 aliphatic rings. The molecule has 0 atom stereocenters. The zero-order valence-corrected chi connectivity index (χ0v) is 16.0. The molecule has 2 heterocycles. The van der Waals surface area contributed by atoms with E-state index in [4.69, 9.17) is 17.3 Å². The van der Waals surface area contributed by atoms with Gasteiger partial charge < -0.3 is 5.73 Å². The topological polar surface area (TPSA) is 56.7 Å². The minimum Gasteiger partial charge on any atom is -0.383 e. The Hall–Kier alpha value is -2.15. The number of aromatic nitrogens is 3. The van der Waals surface area contributed by atoms with Crippen molar-refractivity contribution in [3.63, 3.8) is 0 Å². The van der Waals surface area contributed by atoms with Crippen LogP contribution in [-0.4, -0.2) is 14.8 Å². The molecule has 7 heteroatoms. The van der Waals surface area contributed by atoms with Crippen LogP contribution in [0.2, 0.25) is 5.02 Å². The van der Waals surface area contributed by atoms with Crippen molar-refractivity contribution in [3.05, 3.63) is 69.5 Å². The van der Waals surface area contributed by atoms with Crippen LogP contribution in [0.3, 0.4) is 0 Å². The maximum Gasteiger partial charge on any atom is 0.212 e. The molecule has 2 aromatic carbocycles. The van der Waals surface area contributed by atoms with Crippen molar-refractivity contribution in [1.29, 1.82) is 0 Å². The molecule has 124 valence electrons. The van der Waals surface area contributed by atoms with Gasteiger partial charge >= 0.3 is 0 Å². The van der Waals surface area contributed by atoms with Gasteiger partial charge in [0.05, 0.1) is 11.4 Å². The molecule has 0 saturated heterocycles. The lowest BCUT2D eigenvalue weighted by molar-refractivity contribution is 0.884. The predicted octanol–water partition coefficient (Wildman–Crippen LogP) is 5.66. The van der Waals surface area contributed by atoms with Gasteiger partial charge in [-0.25, -0.2) is 4.98 Å². The first-order chi connectivity index (χ1) is 12.1. The Morgan fingerprint density at radius 1 is 0.960 bits per heavy atom. The maximum absolute atomic E-state index is 6.15. The zero-order valence-electron chi connectivity index (χ0n) is 12.9. The first-order valence-corrected chi connectivity index (χ1v) is 9.48. The minimum atomic E-state index is 0.551. The molecule has 4 nitrogen and oxygen atoms in total. The van der Waals surface area contributed by atoms with Gasteiger partial charge in [-0.3, -0.25) is 0 Å². The standard InChI is InChI=1S/C18H12BrClN4S/c19-13-5-1-11(2-6-13)15-9-17(21)24(23-15)18-22-16(10-25-18)12-3-7-14(20)8-4-12/h1-10H,21H2. The van der Waals surface area contributed by atoms with Crippen LogP contribution in [0.4, 0.5) is 5.82 Å². The third-order valence-electron chi connectivity index (χ3n) is 3.69. The number of hydrogen-bond acceptors (Lipinski definition) is 4. The first kappa shape index (κ1) is 16.3. The van der Waals surface area contributed by atoms with Crippen molar-refractivity contribution < 1.29 is 0 Å². The van der Waals surface area contributed by atoms with Gasteiger partial charge in [0.1, 0.15) is 5.82 Å². The Labute approximate surface area is 162 Å². The quantitative estimate of drug-likeness (QED) is 0.455. The van der Waals surface area contributed by atoms with Crippen LogP contribution in [0.5, 0.6) is 0 Å². The van der Waals surface area contributed by atoms with E-state index in [0.717, 1.165) is 32.1 Å². The lowest BCUT2D eigenvalue weighted by Crippen LogP contribution is -2.01. The van der Waals surface area contributed by atoms with Crippen LogP contribution in [0.15, 0.2) is 64.5 Å². The highest BCUT2D eigenvalue weighted by Crippen LogP contribution is 2.29. The van der Waals surface area contributed by atoms with Crippen molar-refractivity contribution >= 4 is 44.7 Å². The van der Waals surface area contributed by atoms with Crippen LogP contribution in [0, 0.1) is 0 Å². The molecule has 0 saturated carbocycles. The van der Waals surface area contributed by atoms with Gasteiger partial charge in [0.15, 0.2) is 0 Å². The molecule has 25 heavy (non-hydrogen) atoms. The molecule has 0 unspecified atom stereocenters. The Bertz CT molecular complexity index is 1020. The van der Waals surface area contributed by atoms with E-state index < -0.39 is 0 Å². The van der Waals surface area contributed by atoms with Crippen molar-refractivity contribution in [2.45, 2.75) is 0 Å². The zero-order chi connectivity index (χ0) is 17.4. The first-order valence-electron chi connectivity index (χ1n) is 7.43. The molecule has 0 aliphatic heterocycles. The van der Waals surface area contributed by atoms with E-state index in [-0.39, 0.29) is 0 Å². The number of hydrogen-bond donors (Lipinski definition) is 1. The Kier molecular flexibility index (Phi) is 4.33. The van der Waals surface area contributed by atoms with E-state index in [1.54, 1.807) is 4.68 Å². The Balaban J connectivity index is 1.69. The highest BCUT2D eigenvalue weighted by Gasteiger charge is 2.13. The van der Waals surface area contributed by atoms with E-state index >= 15 is 0 Å². The van der Waals surface area contributed by atoms with E-state index in [1.165, 1.54) is 11.3 Å². The largest absolute Gasteiger partial charge is 0.383 e. The summed E-state index contributed by atoms with van der Waals surface area (Å²) in [6.07, 6.45) is 0. The van der Waals surface area contributed by atoms with Crippen molar-refractivity contribution in [2.75, 3.05) is 5.73 Å². The summed E-state index contributed by atoms with van der Waals surface area (Å²) in [4.78, 5) is 4.65. The average molecular weight is 432 g/mol. The fraction of sp³-hybridized carbons (Fsp3) is 0. The van der Waals surface area contributed by atoms with Crippen molar-refractivity contribution in [1.82, 2.24) is 14.8 Å². The fourth-order valence-electron chi connectivity index (χ4n) is 2.43. The van der Waals surface area contributed by atoms with Gasteiger partial charge in [0.25, 0.3) is 0 Å². The minimum absolute atomic E-state index is 0.551. The SMILES string of the molecule is Nc1cc(-c2ccc(Br)cc2)nn1-c1nc(-c2ccc(Cl)cc2)cs1. The monoisotopic (exact) mass is 430 g/mol. The van der Waals surface area contributed by atoms with Gasteiger partial charge in [0.2, 0.25) is 5.13 Å². The van der Waals surface area contributed by atoms with Crippen molar-refractivity contribution in [2.24, 2.45) is 0 Å². The molecular weight excluding hydrogens is 420 g/mol. The number of rotatable bonds is 3. The Morgan fingerprint density at radius 3 is 2.32 bits per heavy atom. The molecular formula is C18H12BrClN4S. The maximum atomic E-state index is 6.15. The lowest BCUT2D eigenvalue weighted by atomic mass is 10.2. The molecule has 2 N–H and O–H groups in total. The number of nitrogens with two attached hydrogens (primary N) is 1. The van der Waals surface area contributed by atoms with Gasteiger partial charge in [0, 0.05) is 32.1 Å². The molecule has 0 spiro atoms. The van der Waals surface area contributed by atoms with Crippen molar-refractivity contribution in [3.8, 4) is 27.6 Å². The highest BCUT2D eigenvalue weighted by atomic mass is 79.9. The summed E-state index contributed by atoms with van der Waals surface area (Å²) in [7, 11) is 0. The highest BCUT2D eigenvalue weighted by molar-refractivity contribution is 9.10. The molecule has 0 radical (unpaired) electrons. The number of anilines is 1. The summed E-state index contributed by atoms with van der Waals surface area (Å²) in [5, 5.41) is 8.02. The van der Waals surface area contributed by atoms with Crippen LogP contribution in [0.25, 0.3) is 27.6 Å². The molecule has 4 rings (SSSR count). The summed E-state index contributed by atoms with van der Waals surface area (Å²) in [5.74, 6) is 0.551. The molecule has 0 bridgehead atoms. The van der Waals surface area contributed by atoms with Crippen LogP contribution in [-0.2, 0) is 0 Å².